The monoisotopic (exact) mass is 283 g/mol. The van der Waals surface area contributed by atoms with Crippen molar-refractivity contribution in [3.8, 4) is 0 Å². The molecule has 96 valence electrons. The van der Waals surface area contributed by atoms with Gasteiger partial charge in [0.05, 0.1) is 6.61 Å². The first kappa shape index (κ1) is 14.8. The van der Waals surface area contributed by atoms with Crippen molar-refractivity contribution < 1.29 is 9.47 Å². The second-order valence-corrected chi connectivity index (χ2v) is 4.78. The Balaban J connectivity index is 2.94. The lowest BCUT2D eigenvalue weighted by Crippen LogP contribution is -2.04. The van der Waals surface area contributed by atoms with Gasteiger partial charge in [0.15, 0.2) is 0 Å². The van der Waals surface area contributed by atoms with Gasteiger partial charge in [0.2, 0.25) is 4.38 Å². The third-order valence-corrected chi connectivity index (χ3v) is 3.40. The zero-order valence-corrected chi connectivity index (χ0v) is 11.7. The van der Waals surface area contributed by atoms with Gasteiger partial charge in [-0.25, -0.2) is 0 Å². The van der Waals surface area contributed by atoms with Crippen LogP contribution >= 0.6 is 24.0 Å². The van der Waals surface area contributed by atoms with E-state index in [1.165, 1.54) is 11.8 Å². The summed E-state index contributed by atoms with van der Waals surface area (Å²) in [5, 5.41) is 3.63. The van der Waals surface area contributed by atoms with E-state index in [-0.39, 0.29) is 5.44 Å². The predicted molar refractivity (Wildman–Crippen MR) is 76.8 cm³/mol. The molecule has 1 aromatic rings. The summed E-state index contributed by atoms with van der Waals surface area (Å²) in [6, 6.07) is 7.21. The van der Waals surface area contributed by atoms with Crippen LogP contribution in [-0.4, -0.2) is 18.1 Å². The van der Waals surface area contributed by atoms with E-state index in [9.17, 15) is 0 Å². The Labute approximate surface area is 115 Å². The number of nitrogens with zero attached hydrogens (tertiary/aromatic N) is 3. The van der Waals surface area contributed by atoms with Crippen LogP contribution < -0.4 is 0 Å². The molecule has 1 unspecified atom stereocenters. The Bertz CT molecular complexity index is 461. The summed E-state index contributed by atoms with van der Waals surface area (Å²) in [6.45, 7) is 2.38. The molecule has 0 aromatic heterocycles. The minimum Gasteiger partial charge on any atom is -0.479 e. The Kier molecular flexibility index (Phi) is 6.53. The molecule has 1 aromatic carbocycles. The highest BCUT2D eigenvalue weighted by Crippen LogP contribution is 2.36. The van der Waals surface area contributed by atoms with Gasteiger partial charge >= 0.3 is 0 Å². The lowest BCUT2D eigenvalue weighted by Gasteiger charge is -2.17. The first-order chi connectivity index (χ1) is 8.72. The summed E-state index contributed by atoms with van der Waals surface area (Å²) in [5.74, 6) is 0. The zero-order valence-electron chi connectivity index (χ0n) is 10.1. The highest BCUT2D eigenvalue weighted by molar-refractivity contribution is 8.22. The first-order valence-electron chi connectivity index (χ1n) is 5.23. The SMILES string of the molecule is CCOC(=S)SC(OC)c1ccccc1N=[N+]=[N-]. The number of thioether (sulfide) groups is 1. The zero-order chi connectivity index (χ0) is 13.4. The van der Waals surface area contributed by atoms with Crippen molar-refractivity contribution in [1.29, 1.82) is 0 Å². The molecule has 5 nitrogen and oxygen atoms in total. The molecule has 0 bridgehead atoms. The molecule has 0 fully saturated rings. The van der Waals surface area contributed by atoms with Crippen molar-refractivity contribution in [3.05, 3.63) is 40.3 Å². The van der Waals surface area contributed by atoms with Gasteiger partial charge in [-0.3, -0.25) is 0 Å². The fourth-order valence-corrected chi connectivity index (χ4v) is 2.47. The van der Waals surface area contributed by atoms with Gasteiger partial charge in [-0.05, 0) is 36.4 Å². The second kappa shape index (κ2) is 7.94. The van der Waals surface area contributed by atoms with Crippen molar-refractivity contribution in [2.75, 3.05) is 13.7 Å². The molecule has 0 aliphatic carbocycles. The number of hydrogen-bond donors (Lipinski definition) is 0. The van der Waals surface area contributed by atoms with Crippen LogP contribution in [0.5, 0.6) is 0 Å². The number of benzene rings is 1. The van der Waals surface area contributed by atoms with Crippen LogP contribution in [0.25, 0.3) is 10.4 Å². The van der Waals surface area contributed by atoms with E-state index >= 15 is 0 Å². The van der Waals surface area contributed by atoms with E-state index in [0.29, 0.717) is 16.7 Å². The van der Waals surface area contributed by atoms with Crippen LogP contribution in [0.15, 0.2) is 29.4 Å². The fourth-order valence-electron chi connectivity index (χ4n) is 1.30. The van der Waals surface area contributed by atoms with E-state index in [0.717, 1.165) is 5.56 Å². The minimum atomic E-state index is -0.356. The molecule has 0 aliphatic heterocycles. The van der Waals surface area contributed by atoms with Gasteiger partial charge in [-0.1, -0.05) is 29.4 Å². The molecule has 1 rings (SSSR count). The van der Waals surface area contributed by atoms with Crippen molar-refractivity contribution in [2.24, 2.45) is 5.11 Å². The maximum Gasteiger partial charge on any atom is 0.222 e. The molecule has 0 N–H and O–H groups in total. The van der Waals surface area contributed by atoms with Gasteiger partial charge in [0, 0.05) is 23.3 Å². The quantitative estimate of drug-likeness (QED) is 0.265. The summed E-state index contributed by atoms with van der Waals surface area (Å²) >= 11 is 6.33. The predicted octanol–water partition coefficient (Wildman–Crippen LogP) is 4.33. The van der Waals surface area contributed by atoms with E-state index in [1.807, 2.05) is 19.1 Å². The van der Waals surface area contributed by atoms with Gasteiger partial charge in [0.1, 0.15) is 5.44 Å². The lowest BCUT2D eigenvalue weighted by atomic mass is 10.2. The Hall–Kier alpha value is -1.27. The highest BCUT2D eigenvalue weighted by atomic mass is 32.2. The van der Waals surface area contributed by atoms with Crippen LogP contribution in [-0.2, 0) is 9.47 Å². The number of thiocarbonyl (C=S) groups is 1. The maximum atomic E-state index is 8.52. The Morgan fingerprint density at radius 3 is 2.89 bits per heavy atom. The van der Waals surface area contributed by atoms with E-state index in [4.69, 9.17) is 27.2 Å². The van der Waals surface area contributed by atoms with E-state index in [1.54, 1.807) is 19.2 Å². The van der Waals surface area contributed by atoms with Crippen molar-refractivity contribution in [3.63, 3.8) is 0 Å². The third-order valence-electron chi connectivity index (χ3n) is 2.02. The Morgan fingerprint density at radius 1 is 1.56 bits per heavy atom. The number of methoxy groups -OCH3 is 1. The largest absolute Gasteiger partial charge is 0.479 e. The number of rotatable bonds is 5. The van der Waals surface area contributed by atoms with E-state index in [2.05, 4.69) is 10.0 Å². The summed E-state index contributed by atoms with van der Waals surface area (Å²) < 4.78 is 11.0. The molecule has 0 amide bonds. The standard InChI is InChI=1S/C11H13N3O2S2/c1-3-16-11(17)18-10(15-2)8-6-4-5-7-9(8)13-14-12/h4-7,10H,3H2,1-2H3. The number of azide groups is 1. The molecule has 0 aliphatic rings. The van der Waals surface area contributed by atoms with Crippen molar-refractivity contribution in [1.82, 2.24) is 0 Å². The molecule has 7 heteroatoms. The van der Waals surface area contributed by atoms with Gasteiger partial charge in [-0.15, -0.1) is 0 Å². The summed E-state index contributed by atoms with van der Waals surface area (Å²) in [6.07, 6.45) is 0. The number of hydrogen-bond acceptors (Lipinski definition) is 5. The summed E-state index contributed by atoms with van der Waals surface area (Å²) in [7, 11) is 1.57. The Morgan fingerprint density at radius 2 is 2.28 bits per heavy atom. The maximum absolute atomic E-state index is 8.52. The molecule has 0 saturated heterocycles. The average molecular weight is 283 g/mol. The normalized spacial score (nSPS) is 11.4. The number of ether oxygens (including phenoxy) is 2. The molecule has 0 radical (unpaired) electrons. The van der Waals surface area contributed by atoms with Crippen LogP contribution in [0.2, 0.25) is 0 Å². The minimum absolute atomic E-state index is 0.356. The molecule has 0 saturated carbocycles. The smallest absolute Gasteiger partial charge is 0.222 e. The third kappa shape index (κ3) is 4.19. The molecule has 0 heterocycles. The lowest BCUT2D eigenvalue weighted by molar-refractivity contribution is 0.176. The van der Waals surface area contributed by atoms with Gasteiger partial charge < -0.3 is 9.47 Å². The fraction of sp³-hybridized carbons (Fsp3) is 0.364. The van der Waals surface area contributed by atoms with Crippen LogP contribution in [0.3, 0.4) is 0 Å². The molecular formula is C11H13N3O2S2. The first-order valence-corrected chi connectivity index (χ1v) is 6.52. The molecular weight excluding hydrogens is 270 g/mol. The van der Waals surface area contributed by atoms with Gasteiger partial charge in [-0.2, -0.15) is 0 Å². The van der Waals surface area contributed by atoms with Crippen LogP contribution in [0.1, 0.15) is 17.9 Å². The summed E-state index contributed by atoms with van der Waals surface area (Å²) in [5.41, 5.74) is 9.46. The van der Waals surface area contributed by atoms with Crippen molar-refractivity contribution in [2.45, 2.75) is 12.4 Å². The average Bonchev–Trinajstić information content (AvgIpc) is 2.37. The van der Waals surface area contributed by atoms with Crippen LogP contribution in [0.4, 0.5) is 5.69 Å². The second-order valence-electron chi connectivity index (χ2n) is 3.12. The summed E-state index contributed by atoms with van der Waals surface area (Å²) in [4.78, 5) is 2.79. The van der Waals surface area contributed by atoms with E-state index < -0.39 is 0 Å². The van der Waals surface area contributed by atoms with Gasteiger partial charge in [0.25, 0.3) is 0 Å². The molecule has 1 atom stereocenters. The highest BCUT2D eigenvalue weighted by Gasteiger charge is 2.17. The molecule has 18 heavy (non-hydrogen) atoms. The van der Waals surface area contributed by atoms with Crippen molar-refractivity contribution >= 4 is 34.0 Å². The molecule has 0 spiro atoms. The van der Waals surface area contributed by atoms with Crippen LogP contribution in [0, 0.1) is 0 Å². The topological polar surface area (TPSA) is 67.2 Å².